The SMILES string of the molecule is c1ccc(-c2[nH]ncc2CN2CCN([C@H]3CCc4ccccc4C3)CC2)cc1. The molecular formula is C24H28N4. The van der Waals surface area contributed by atoms with E-state index in [0.717, 1.165) is 25.3 Å². The van der Waals surface area contributed by atoms with Crippen LogP contribution in [0.25, 0.3) is 11.3 Å². The van der Waals surface area contributed by atoms with Gasteiger partial charge in [0.1, 0.15) is 0 Å². The van der Waals surface area contributed by atoms with E-state index in [1.54, 1.807) is 11.1 Å². The average Bonchev–Trinajstić information content (AvgIpc) is 3.23. The number of aryl methyl sites for hydroxylation is 1. The van der Waals surface area contributed by atoms with Crippen molar-refractivity contribution in [3.63, 3.8) is 0 Å². The minimum Gasteiger partial charge on any atom is -0.298 e. The monoisotopic (exact) mass is 372 g/mol. The maximum absolute atomic E-state index is 4.31. The van der Waals surface area contributed by atoms with Crippen LogP contribution < -0.4 is 0 Å². The van der Waals surface area contributed by atoms with Gasteiger partial charge in [0.15, 0.2) is 0 Å². The third-order valence-corrected chi connectivity index (χ3v) is 6.42. The number of hydrogen-bond donors (Lipinski definition) is 1. The van der Waals surface area contributed by atoms with E-state index in [-0.39, 0.29) is 0 Å². The Morgan fingerprint density at radius 2 is 1.64 bits per heavy atom. The molecule has 0 unspecified atom stereocenters. The molecule has 4 heteroatoms. The lowest BCUT2D eigenvalue weighted by molar-refractivity contribution is 0.0857. The maximum Gasteiger partial charge on any atom is 0.0695 e. The molecule has 5 rings (SSSR count). The molecule has 0 saturated carbocycles. The minimum atomic E-state index is 0.714. The Hall–Kier alpha value is -2.43. The van der Waals surface area contributed by atoms with Crippen LogP contribution in [-0.4, -0.2) is 52.2 Å². The molecule has 1 aliphatic carbocycles. The molecule has 1 N–H and O–H groups in total. The zero-order valence-electron chi connectivity index (χ0n) is 16.3. The molecule has 3 aromatic rings. The van der Waals surface area contributed by atoms with Crippen molar-refractivity contribution >= 4 is 0 Å². The zero-order valence-corrected chi connectivity index (χ0v) is 16.3. The predicted octanol–water partition coefficient (Wildman–Crippen LogP) is 3.75. The summed E-state index contributed by atoms with van der Waals surface area (Å²) in [6, 6.07) is 20.2. The Bertz CT molecular complexity index is 909. The Kier molecular flexibility index (Phi) is 4.98. The van der Waals surface area contributed by atoms with E-state index in [1.807, 2.05) is 6.20 Å². The van der Waals surface area contributed by atoms with Crippen molar-refractivity contribution < 1.29 is 0 Å². The molecule has 2 aromatic carbocycles. The van der Waals surface area contributed by atoms with Crippen LogP contribution in [0.4, 0.5) is 0 Å². The lowest BCUT2D eigenvalue weighted by Gasteiger charge is -2.41. The largest absolute Gasteiger partial charge is 0.298 e. The number of aromatic nitrogens is 2. The Morgan fingerprint density at radius 1 is 0.893 bits per heavy atom. The molecular weight excluding hydrogens is 344 g/mol. The number of H-pyrrole nitrogens is 1. The Balaban J connectivity index is 1.19. The predicted molar refractivity (Wildman–Crippen MR) is 113 cm³/mol. The summed E-state index contributed by atoms with van der Waals surface area (Å²) in [5.41, 5.74) is 6.80. The van der Waals surface area contributed by atoms with Gasteiger partial charge in [-0.25, -0.2) is 0 Å². The molecule has 2 heterocycles. The van der Waals surface area contributed by atoms with Gasteiger partial charge in [0.05, 0.1) is 11.9 Å². The molecule has 1 atom stereocenters. The van der Waals surface area contributed by atoms with Gasteiger partial charge in [0, 0.05) is 44.3 Å². The van der Waals surface area contributed by atoms with Crippen molar-refractivity contribution in [2.45, 2.75) is 31.8 Å². The van der Waals surface area contributed by atoms with Crippen molar-refractivity contribution in [1.82, 2.24) is 20.0 Å². The van der Waals surface area contributed by atoms with Crippen molar-refractivity contribution in [1.29, 1.82) is 0 Å². The summed E-state index contributed by atoms with van der Waals surface area (Å²) in [5, 5.41) is 7.51. The highest BCUT2D eigenvalue weighted by atomic mass is 15.3. The molecule has 144 valence electrons. The van der Waals surface area contributed by atoms with Crippen LogP contribution in [0.2, 0.25) is 0 Å². The lowest BCUT2D eigenvalue weighted by Crippen LogP contribution is -2.51. The van der Waals surface area contributed by atoms with Crippen LogP contribution in [0.1, 0.15) is 23.1 Å². The quantitative estimate of drug-likeness (QED) is 0.757. The molecule has 2 aliphatic rings. The van der Waals surface area contributed by atoms with E-state index in [0.29, 0.717) is 6.04 Å². The van der Waals surface area contributed by atoms with E-state index in [9.17, 15) is 0 Å². The van der Waals surface area contributed by atoms with E-state index < -0.39 is 0 Å². The van der Waals surface area contributed by atoms with Crippen LogP contribution in [-0.2, 0) is 19.4 Å². The van der Waals surface area contributed by atoms with Gasteiger partial charge >= 0.3 is 0 Å². The minimum absolute atomic E-state index is 0.714. The molecule has 4 nitrogen and oxygen atoms in total. The van der Waals surface area contributed by atoms with Gasteiger partial charge in [0.2, 0.25) is 0 Å². The third kappa shape index (κ3) is 3.62. The molecule has 0 radical (unpaired) electrons. The second kappa shape index (κ2) is 7.90. The summed E-state index contributed by atoms with van der Waals surface area (Å²) in [6.07, 6.45) is 5.75. The van der Waals surface area contributed by atoms with Gasteiger partial charge in [-0.3, -0.25) is 14.9 Å². The Labute approximate surface area is 167 Å². The van der Waals surface area contributed by atoms with Gasteiger partial charge in [0.25, 0.3) is 0 Å². The first kappa shape index (κ1) is 17.7. The van der Waals surface area contributed by atoms with Gasteiger partial charge in [-0.2, -0.15) is 5.10 Å². The molecule has 28 heavy (non-hydrogen) atoms. The van der Waals surface area contributed by atoms with E-state index >= 15 is 0 Å². The summed E-state index contributed by atoms with van der Waals surface area (Å²) >= 11 is 0. The number of rotatable bonds is 4. The first-order chi connectivity index (χ1) is 13.9. The maximum atomic E-state index is 4.31. The van der Waals surface area contributed by atoms with Crippen LogP contribution in [0.15, 0.2) is 60.8 Å². The average molecular weight is 373 g/mol. The second-order valence-corrected chi connectivity index (χ2v) is 8.11. The molecule has 1 aromatic heterocycles. The molecule has 1 fully saturated rings. The summed E-state index contributed by atoms with van der Waals surface area (Å²) in [7, 11) is 0. The number of nitrogens with zero attached hydrogens (tertiary/aromatic N) is 3. The second-order valence-electron chi connectivity index (χ2n) is 8.11. The van der Waals surface area contributed by atoms with Gasteiger partial charge in [-0.05, 0) is 36.0 Å². The normalized spacial score (nSPS) is 20.8. The van der Waals surface area contributed by atoms with Gasteiger partial charge in [-0.15, -0.1) is 0 Å². The van der Waals surface area contributed by atoms with E-state index in [2.05, 4.69) is 74.6 Å². The van der Waals surface area contributed by atoms with Gasteiger partial charge < -0.3 is 0 Å². The molecule has 0 bridgehead atoms. The van der Waals surface area contributed by atoms with Crippen LogP contribution in [0.5, 0.6) is 0 Å². The standard InChI is InChI=1S/C24H28N4/c1-2-7-20(8-3-1)24-22(17-25-26-24)18-27-12-14-28(15-13-27)23-11-10-19-6-4-5-9-21(19)16-23/h1-9,17,23H,10-16,18H2,(H,25,26)/t23-/m0/s1. The first-order valence-electron chi connectivity index (χ1n) is 10.5. The van der Waals surface area contributed by atoms with E-state index in [1.165, 1.54) is 43.5 Å². The molecule has 0 spiro atoms. The highest BCUT2D eigenvalue weighted by molar-refractivity contribution is 5.62. The molecule has 1 aliphatic heterocycles. The number of aromatic amines is 1. The molecule has 0 amide bonds. The van der Waals surface area contributed by atoms with Crippen LogP contribution in [0.3, 0.4) is 0 Å². The number of piperazine rings is 1. The summed E-state index contributed by atoms with van der Waals surface area (Å²) in [4.78, 5) is 5.30. The topological polar surface area (TPSA) is 35.2 Å². The van der Waals surface area contributed by atoms with Crippen molar-refractivity contribution in [3.05, 3.63) is 77.5 Å². The summed E-state index contributed by atoms with van der Waals surface area (Å²) in [5.74, 6) is 0. The molecule has 1 saturated heterocycles. The van der Waals surface area contributed by atoms with Crippen LogP contribution in [0, 0.1) is 0 Å². The lowest BCUT2D eigenvalue weighted by atomic mass is 9.87. The Morgan fingerprint density at radius 3 is 2.46 bits per heavy atom. The van der Waals surface area contributed by atoms with Crippen molar-refractivity contribution in [2.75, 3.05) is 26.2 Å². The fourth-order valence-electron chi connectivity index (χ4n) is 4.80. The summed E-state index contributed by atoms with van der Waals surface area (Å²) in [6.45, 7) is 5.59. The van der Waals surface area contributed by atoms with Crippen molar-refractivity contribution in [3.8, 4) is 11.3 Å². The first-order valence-corrected chi connectivity index (χ1v) is 10.5. The van der Waals surface area contributed by atoms with Gasteiger partial charge in [-0.1, -0.05) is 54.6 Å². The number of fused-ring (bicyclic) bond motifs is 1. The fraction of sp³-hybridized carbons (Fsp3) is 0.375. The third-order valence-electron chi connectivity index (χ3n) is 6.42. The fourth-order valence-corrected chi connectivity index (χ4v) is 4.80. The highest BCUT2D eigenvalue weighted by Crippen LogP contribution is 2.26. The van der Waals surface area contributed by atoms with Crippen molar-refractivity contribution in [2.24, 2.45) is 0 Å². The van der Waals surface area contributed by atoms with Crippen LogP contribution >= 0.6 is 0 Å². The summed E-state index contributed by atoms with van der Waals surface area (Å²) < 4.78 is 0. The number of benzene rings is 2. The zero-order chi connectivity index (χ0) is 18.8. The highest BCUT2D eigenvalue weighted by Gasteiger charge is 2.27. The number of hydrogen-bond acceptors (Lipinski definition) is 3. The number of nitrogens with one attached hydrogen (secondary N) is 1. The van der Waals surface area contributed by atoms with E-state index in [4.69, 9.17) is 0 Å². The smallest absolute Gasteiger partial charge is 0.0695 e.